The maximum Gasteiger partial charge on any atom is 0.0195 e. The molecule has 1 N–H and O–H groups in total. The lowest BCUT2D eigenvalue weighted by atomic mass is 10.0. The molecule has 1 aliphatic heterocycles. The van der Waals surface area contributed by atoms with Gasteiger partial charge in [0.05, 0.1) is 0 Å². The molecular weight excluding hydrogens is 196 g/mol. The van der Waals surface area contributed by atoms with E-state index < -0.39 is 0 Å². The van der Waals surface area contributed by atoms with Gasteiger partial charge in [0, 0.05) is 18.6 Å². The fourth-order valence-electron chi connectivity index (χ4n) is 2.88. The van der Waals surface area contributed by atoms with Crippen molar-refractivity contribution in [2.45, 2.75) is 71.4 Å². The topological polar surface area (TPSA) is 15.3 Å². The van der Waals surface area contributed by atoms with Crippen LogP contribution in [0.4, 0.5) is 0 Å². The number of hydrogen-bond donors (Lipinski definition) is 1. The third kappa shape index (κ3) is 4.42. The van der Waals surface area contributed by atoms with Crippen LogP contribution in [0.1, 0.15) is 59.3 Å². The summed E-state index contributed by atoms with van der Waals surface area (Å²) in [5.41, 5.74) is 0. The van der Waals surface area contributed by atoms with E-state index in [1.54, 1.807) is 0 Å². The van der Waals surface area contributed by atoms with E-state index in [4.69, 9.17) is 0 Å². The van der Waals surface area contributed by atoms with E-state index >= 15 is 0 Å². The zero-order valence-electron chi connectivity index (χ0n) is 11.5. The fraction of sp³-hybridized carbons (Fsp3) is 1.00. The Labute approximate surface area is 102 Å². The summed E-state index contributed by atoms with van der Waals surface area (Å²) in [5.74, 6) is 0. The Bertz CT molecular complexity index is 164. The second kappa shape index (κ2) is 8.08. The molecule has 16 heavy (non-hydrogen) atoms. The van der Waals surface area contributed by atoms with Gasteiger partial charge in [0.1, 0.15) is 0 Å². The molecule has 0 saturated carbocycles. The minimum atomic E-state index is 0.750. The first-order valence-corrected chi connectivity index (χ1v) is 7.29. The third-order valence-corrected chi connectivity index (χ3v) is 3.88. The molecule has 0 bridgehead atoms. The van der Waals surface area contributed by atoms with Crippen molar-refractivity contribution in [2.75, 3.05) is 19.6 Å². The number of nitrogens with zero attached hydrogens (tertiary/aromatic N) is 1. The van der Waals surface area contributed by atoms with Gasteiger partial charge in [-0.25, -0.2) is 0 Å². The molecule has 0 aromatic heterocycles. The molecule has 0 radical (unpaired) electrons. The molecular formula is C14H30N2. The minimum Gasteiger partial charge on any atom is -0.313 e. The van der Waals surface area contributed by atoms with E-state index in [9.17, 15) is 0 Å². The van der Waals surface area contributed by atoms with Gasteiger partial charge in [-0.1, -0.05) is 33.6 Å². The van der Waals surface area contributed by atoms with Crippen LogP contribution in [-0.4, -0.2) is 36.6 Å². The zero-order chi connectivity index (χ0) is 11.8. The average Bonchev–Trinajstić information content (AvgIpc) is 2.35. The molecule has 2 heteroatoms. The van der Waals surface area contributed by atoms with Gasteiger partial charge in [-0.15, -0.1) is 0 Å². The summed E-state index contributed by atoms with van der Waals surface area (Å²) in [5, 5.41) is 3.66. The Morgan fingerprint density at radius 3 is 2.56 bits per heavy atom. The fourth-order valence-corrected chi connectivity index (χ4v) is 2.88. The molecule has 1 heterocycles. The van der Waals surface area contributed by atoms with Gasteiger partial charge >= 0.3 is 0 Å². The molecule has 2 unspecified atom stereocenters. The quantitative estimate of drug-likeness (QED) is 0.718. The lowest BCUT2D eigenvalue weighted by Crippen LogP contribution is -2.47. The second-order valence-corrected chi connectivity index (χ2v) is 5.09. The van der Waals surface area contributed by atoms with E-state index in [0.29, 0.717) is 0 Å². The number of hydrogen-bond acceptors (Lipinski definition) is 2. The van der Waals surface area contributed by atoms with Crippen LogP contribution in [0.5, 0.6) is 0 Å². The van der Waals surface area contributed by atoms with Crippen molar-refractivity contribution in [1.29, 1.82) is 0 Å². The number of piperidine rings is 1. The largest absolute Gasteiger partial charge is 0.313 e. The lowest BCUT2D eigenvalue weighted by molar-refractivity contribution is 0.161. The first-order chi connectivity index (χ1) is 7.81. The highest BCUT2D eigenvalue weighted by molar-refractivity contribution is 4.79. The van der Waals surface area contributed by atoms with Crippen molar-refractivity contribution in [3.05, 3.63) is 0 Å². The van der Waals surface area contributed by atoms with E-state index in [0.717, 1.165) is 12.1 Å². The summed E-state index contributed by atoms with van der Waals surface area (Å²) in [4.78, 5) is 2.69. The van der Waals surface area contributed by atoms with Crippen molar-refractivity contribution in [2.24, 2.45) is 0 Å². The predicted molar refractivity (Wildman–Crippen MR) is 71.9 cm³/mol. The lowest BCUT2D eigenvalue weighted by Gasteiger charge is -2.35. The minimum absolute atomic E-state index is 0.750. The van der Waals surface area contributed by atoms with E-state index in [1.165, 1.54) is 58.2 Å². The van der Waals surface area contributed by atoms with Gasteiger partial charge in [0.15, 0.2) is 0 Å². The van der Waals surface area contributed by atoms with Gasteiger partial charge in [-0.2, -0.15) is 0 Å². The summed E-state index contributed by atoms with van der Waals surface area (Å²) >= 11 is 0. The van der Waals surface area contributed by atoms with Crippen LogP contribution >= 0.6 is 0 Å². The normalized spacial score (nSPS) is 23.6. The van der Waals surface area contributed by atoms with Crippen LogP contribution in [0.25, 0.3) is 0 Å². The smallest absolute Gasteiger partial charge is 0.0195 e. The van der Waals surface area contributed by atoms with Crippen molar-refractivity contribution < 1.29 is 0 Å². The molecule has 1 saturated heterocycles. The molecule has 0 aliphatic carbocycles. The maximum atomic E-state index is 3.66. The third-order valence-electron chi connectivity index (χ3n) is 3.88. The molecule has 0 amide bonds. The molecule has 0 spiro atoms. The van der Waals surface area contributed by atoms with Crippen LogP contribution in [0.2, 0.25) is 0 Å². The first-order valence-electron chi connectivity index (χ1n) is 7.29. The van der Waals surface area contributed by atoms with Gasteiger partial charge in [-0.05, 0) is 38.8 Å². The summed E-state index contributed by atoms with van der Waals surface area (Å²) in [6.45, 7) is 10.6. The number of likely N-dealkylation sites (N-methyl/N-ethyl adjacent to an activating group) is 1. The van der Waals surface area contributed by atoms with Crippen molar-refractivity contribution >= 4 is 0 Å². The summed E-state index contributed by atoms with van der Waals surface area (Å²) < 4.78 is 0. The standard InChI is InChI=1S/C14H30N2/c1-4-9-14(5-2)16(6-3)12-13-10-7-8-11-15-13/h13-15H,4-12H2,1-3H3. The van der Waals surface area contributed by atoms with Crippen LogP contribution < -0.4 is 5.32 Å². The highest BCUT2D eigenvalue weighted by atomic mass is 15.2. The van der Waals surface area contributed by atoms with E-state index in [2.05, 4.69) is 31.0 Å². The predicted octanol–water partition coefficient (Wildman–Crippen LogP) is 3.03. The van der Waals surface area contributed by atoms with Crippen LogP contribution in [0.3, 0.4) is 0 Å². The molecule has 96 valence electrons. The highest BCUT2D eigenvalue weighted by Gasteiger charge is 2.20. The summed E-state index contributed by atoms with van der Waals surface area (Å²) in [7, 11) is 0. The Balaban J connectivity index is 2.38. The van der Waals surface area contributed by atoms with E-state index in [1.807, 2.05) is 0 Å². The SMILES string of the molecule is CCCC(CC)N(CC)CC1CCCCN1. The molecule has 1 rings (SSSR count). The first kappa shape index (κ1) is 14.0. The molecule has 0 aromatic carbocycles. The van der Waals surface area contributed by atoms with Gasteiger partial charge in [0.2, 0.25) is 0 Å². The van der Waals surface area contributed by atoms with E-state index in [-0.39, 0.29) is 0 Å². The van der Waals surface area contributed by atoms with Crippen molar-refractivity contribution in [3.63, 3.8) is 0 Å². The van der Waals surface area contributed by atoms with Crippen LogP contribution in [0, 0.1) is 0 Å². The number of rotatable bonds is 7. The maximum absolute atomic E-state index is 3.66. The Morgan fingerprint density at radius 1 is 1.25 bits per heavy atom. The molecule has 1 fully saturated rings. The summed E-state index contributed by atoms with van der Waals surface area (Å²) in [6.07, 6.45) is 8.13. The molecule has 0 aromatic rings. The van der Waals surface area contributed by atoms with Gasteiger partial charge in [-0.3, -0.25) is 4.90 Å². The average molecular weight is 226 g/mol. The second-order valence-electron chi connectivity index (χ2n) is 5.09. The number of nitrogens with one attached hydrogen (secondary N) is 1. The molecule has 1 aliphatic rings. The molecule has 2 nitrogen and oxygen atoms in total. The monoisotopic (exact) mass is 226 g/mol. The Hall–Kier alpha value is -0.0800. The van der Waals surface area contributed by atoms with Gasteiger partial charge < -0.3 is 5.32 Å². The summed E-state index contributed by atoms with van der Waals surface area (Å²) in [6, 6.07) is 1.55. The zero-order valence-corrected chi connectivity index (χ0v) is 11.5. The van der Waals surface area contributed by atoms with Crippen molar-refractivity contribution in [3.8, 4) is 0 Å². The Kier molecular flexibility index (Phi) is 7.06. The molecule has 2 atom stereocenters. The Morgan fingerprint density at radius 2 is 2.06 bits per heavy atom. The van der Waals surface area contributed by atoms with Crippen LogP contribution in [-0.2, 0) is 0 Å². The van der Waals surface area contributed by atoms with Gasteiger partial charge in [0.25, 0.3) is 0 Å². The highest BCUT2D eigenvalue weighted by Crippen LogP contribution is 2.14. The van der Waals surface area contributed by atoms with Crippen LogP contribution in [0.15, 0.2) is 0 Å². The van der Waals surface area contributed by atoms with Crippen molar-refractivity contribution in [1.82, 2.24) is 10.2 Å².